The van der Waals surface area contributed by atoms with Crippen molar-refractivity contribution < 1.29 is 0 Å². The molecule has 2 rings (SSSR count). The largest absolute Gasteiger partial charge is 0.316 e. The smallest absolute Gasteiger partial charge is 0.314 e. The van der Waals surface area contributed by atoms with Crippen LogP contribution < -0.4 is 11.1 Å². The number of nitrogens with one attached hydrogen (secondary N) is 2. The Hall–Kier alpha value is -1.52. The first-order valence-electron chi connectivity index (χ1n) is 5.28. The van der Waals surface area contributed by atoms with Crippen molar-refractivity contribution in [3.8, 4) is 0 Å². The molecule has 18 heavy (non-hydrogen) atoms. The van der Waals surface area contributed by atoms with Gasteiger partial charge < -0.3 is 9.97 Å². The molecule has 2 N–H and O–H groups in total. The highest BCUT2D eigenvalue weighted by atomic mass is 35.5. The van der Waals surface area contributed by atoms with Crippen LogP contribution in [0.4, 0.5) is 0 Å². The third-order valence-corrected chi connectivity index (χ3v) is 3.43. The lowest BCUT2D eigenvalue weighted by molar-refractivity contribution is 1.00. The Morgan fingerprint density at radius 2 is 1.89 bits per heavy atom. The summed E-state index contributed by atoms with van der Waals surface area (Å²) in [5.41, 5.74) is 0.257. The number of benzene rings is 1. The number of H-pyrrole nitrogens is 2. The summed E-state index contributed by atoms with van der Waals surface area (Å²) < 4.78 is 0. The maximum absolute atomic E-state index is 11.4. The molecule has 0 aliphatic carbocycles. The van der Waals surface area contributed by atoms with Gasteiger partial charge in [0.15, 0.2) is 0 Å². The molecule has 6 heteroatoms. The number of aromatic amines is 2. The van der Waals surface area contributed by atoms with Crippen molar-refractivity contribution >= 4 is 34.2 Å². The molecule has 0 saturated heterocycles. The predicted octanol–water partition coefficient (Wildman–Crippen LogP) is 2.64. The molecule has 0 aliphatic heterocycles. The Balaban J connectivity index is 2.82. The second-order valence-electron chi connectivity index (χ2n) is 3.81. The zero-order chi connectivity index (χ0) is 13.3. The number of aromatic nitrogens is 2. The van der Waals surface area contributed by atoms with E-state index in [2.05, 4.69) is 16.5 Å². The quantitative estimate of drug-likeness (QED) is 0.672. The van der Waals surface area contributed by atoms with Gasteiger partial charge in [0.25, 0.3) is 0 Å². The normalized spacial score (nSPS) is 10.8. The molecule has 1 aromatic carbocycles. The van der Waals surface area contributed by atoms with E-state index in [-0.39, 0.29) is 0 Å². The zero-order valence-electron chi connectivity index (χ0n) is 9.35. The van der Waals surface area contributed by atoms with Gasteiger partial charge >= 0.3 is 11.1 Å². The summed E-state index contributed by atoms with van der Waals surface area (Å²) >= 11 is 12.1. The van der Waals surface area contributed by atoms with E-state index < -0.39 is 11.1 Å². The van der Waals surface area contributed by atoms with Crippen molar-refractivity contribution in [2.75, 3.05) is 0 Å². The Kier molecular flexibility index (Phi) is 3.59. The molecule has 0 amide bonds. The van der Waals surface area contributed by atoms with Gasteiger partial charge in [0, 0.05) is 0 Å². The summed E-state index contributed by atoms with van der Waals surface area (Å²) in [7, 11) is 0. The average molecular weight is 285 g/mol. The Morgan fingerprint density at radius 1 is 1.22 bits per heavy atom. The van der Waals surface area contributed by atoms with E-state index in [1.54, 1.807) is 6.08 Å². The van der Waals surface area contributed by atoms with Gasteiger partial charge in [-0.1, -0.05) is 29.3 Å². The van der Waals surface area contributed by atoms with E-state index in [1.807, 2.05) is 0 Å². The van der Waals surface area contributed by atoms with E-state index in [0.29, 0.717) is 39.5 Å². The Morgan fingerprint density at radius 3 is 2.56 bits per heavy atom. The molecule has 1 aromatic heterocycles. The van der Waals surface area contributed by atoms with Crippen LogP contribution in [0.15, 0.2) is 28.3 Å². The van der Waals surface area contributed by atoms with Gasteiger partial charge in [-0.3, -0.25) is 9.59 Å². The fourth-order valence-corrected chi connectivity index (χ4v) is 2.22. The number of allylic oxidation sites excluding steroid dienone is 1. The number of aryl methyl sites for hydroxylation is 1. The second-order valence-corrected chi connectivity index (χ2v) is 4.59. The SMILES string of the molecule is C=CCCc1c(Cl)c(Cl)cc2[nH]c(=O)c(=O)[nH]c12. The minimum Gasteiger partial charge on any atom is -0.316 e. The third-order valence-electron chi connectivity index (χ3n) is 2.61. The molecular formula is C12H10Cl2N2O2. The number of fused-ring (bicyclic) bond motifs is 1. The summed E-state index contributed by atoms with van der Waals surface area (Å²) in [6.07, 6.45) is 3.02. The first kappa shape index (κ1) is 12.9. The van der Waals surface area contributed by atoms with Crippen LogP contribution in [-0.2, 0) is 6.42 Å². The van der Waals surface area contributed by atoms with E-state index >= 15 is 0 Å². The highest BCUT2D eigenvalue weighted by Gasteiger charge is 2.12. The van der Waals surface area contributed by atoms with Crippen molar-refractivity contribution in [1.82, 2.24) is 9.97 Å². The molecule has 1 heterocycles. The van der Waals surface area contributed by atoms with Crippen LogP contribution in [-0.4, -0.2) is 9.97 Å². The average Bonchev–Trinajstić information content (AvgIpc) is 2.33. The molecule has 0 spiro atoms. The van der Waals surface area contributed by atoms with E-state index in [4.69, 9.17) is 23.2 Å². The molecule has 4 nitrogen and oxygen atoms in total. The van der Waals surface area contributed by atoms with Crippen molar-refractivity contribution in [2.45, 2.75) is 12.8 Å². The van der Waals surface area contributed by atoms with E-state index in [9.17, 15) is 9.59 Å². The number of rotatable bonds is 3. The van der Waals surface area contributed by atoms with Crippen molar-refractivity contribution in [3.05, 3.63) is 55.0 Å². The minimum absolute atomic E-state index is 0.339. The summed E-state index contributed by atoms with van der Waals surface area (Å²) in [5, 5.41) is 0.722. The van der Waals surface area contributed by atoms with E-state index in [0.717, 1.165) is 0 Å². The Bertz CT molecular complexity index is 731. The van der Waals surface area contributed by atoms with Crippen LogP contribution in [0.3, 0.4) is 0 Å². The number of hydrogen-bond donors (Lipinski definition) is 2. The van der Waals surface area contributed by atoms with Crippen LogP contribution in [0.5, 0.6) is 0 Å². The van der Waals surface area contributed by atoms with Crippen LogP contribution in [0.2, 0.25) is 10.0 Å². The topological polar surface area (TPSA) is 65.7 Å². The third kappa shape index (κ3) is 2.21. The molecule has 94 valence electrons. The number of hydrogen-bond acceptors (Lipinski definition) is 2. The second kappa shape index (κ2) is 5.00. The van der Waals surface area contributed by atoms with Crippen LogP contribution >= 0.6 is 23.2 Å². The molecular weight excluding hydrogens is 275 g/mol. The molecule has 0 fully saturated rings. The first-order chi connectivity index (χ1) is 8.54. The first-order valence-corrected chi connectivity index (χ1v) is 6.04. The Labute approximate surface area is 112 Å². The monoisotopic (exact) mass is 284 g/mol. The lowest BCUT2D eigenvalue weighted by Gasteiger charge is -2.09. The lowest BCUT2D eigenvalue weighted by atomic mass is 10.1. The van der Waals surface area contributed by atoms with E-state index in [1.165, 1.54) is 6.07 Å². The minimum atomic E-state index is -0.712. The van der Waals surface area contributed by atoms with Crippen LogP contribution in [0.25, 0.3) is 11.0 Å². The van der Waals surface area contributed by atoms with Gasteiger partial charge in [-0.05, 0) is 24.5 Å². The van der Waals surface area contributed by atoms with Gasteiger partial charge in [0.1, 0.15) is 0 Å². The van der Waals surface area contributed by atoms with Crippen LogP contribution in [0, 0.1) is 0 Å². The summed E-state index contributed by atoms with van der Waals surface area (Å²) in [6, 6.07) is 1.52. The summed E-state index contributed by atoms with van der Waals surface area (Å²) in [5.74, 6) is 0. The number of halogens is 2. The highest BCUT2D eigenvalue weighted by molar-refractivity contribution is 6.43. The molecule has 0 bridgehead atoms. The van der Waals surface area contributed by atoms with Gasteiger partial charge in [-0.25, -0.2) is 0 Å². The van der Waals surface area contributed by atoms with Gasteiger partial charge in [0.2, 0.25) is 0 Å². The fraction of sp³-hybridized carbons (Fsp3) is 0.167. The molecule has 0 atom stereocenters. The predicted molar refractivity (Wildman–Crippen MR) is 73.7 cm³/mol. The lowest BCUT2D eigenvalue weighted by Crippen LogP contribution is -2.29. The molecule has 0 unspecified atom stereocenters. The van der Waals surface area contributed by atoms with Crippen molar-refractivity contribution in [2.24, 2.45) is 0 Å². The van der Waals surface area contributed by atoms with Gasteiger partial charge in [-0.2, -0.15) is 0 Å². The van der Waals surface area contributed by atoms with Gasteiger partial charge in [0.05, 0.1) is 21.1 Å². The van der Waals surface area contributed by atoms with Gasteiger partial charge in [-0.15, -0.1) is 6.58 Å². The molecule has 0 saturated carbocycles. The molecule has 2 aromatic rings. The molecule has 0 radical (unpaired) electrons. The zero-order valence-corrected chi connectivity index (χ0v) is 10.9. The van der Waals surface area contributed by atoms with Crippen molar-refractivity contribution in [1.29, 1.82) is 0 Å². The fourth-order valence-electron chi connectivity index (χ4n) is 1.75. The summed E-state index contributed by atoms with van der Waals surface area (Å²) in [6.45, 7) is 3.63. The van der Waals surface area contributed by atoms with Crippen molar-refractivity contribution in [3.63, 3.8) is 0 Å². The summed E-state index contributed by atoms with van der Waals surface area (Å²) in [4.78, 5) is 27.6. The maximum Gasteiger partial charge on any atom is 0.314 e. The maximum atomic E-state index is 11.4. The standard InChI is InChI=1S/C12H10Cl2N2O2/c1-2-3-4-6-9(14)7(13)5-8-10(6)16-12(18)11(17)15-8/h2,5H,1,3-4H2,(H,15,17)(H,16,18). The molecule has 0 aliphatic rings. The highest BCUT2D eigenvalue weighted by Crippen LogP contribution is 2.31. The van der Waals surface area contributed by atoms with Crippen LogP contribution in [0.1, 0.15) is 12.0 Å².